The van der Waals surface area contributed by atoms with E-state index in [-0.39, 0.29) is 18.7 Å². The monoisotopic (exact) mass is 285 g/mol. The molecule has 0 bridgehead atoms. The Morgan fingerprint density at radius 2 is 2.05 bits per heavy atom. The molecule has 20 heavy (non-hydrogen) atoms. The number of nitrogens with zero attached hydrogens (tertiary/aromatic N) is 1. The van der Waals surface area contributed by atoms with Crippen LogP contribution in [0.4, 0.5) is 4.79 Å². The Morgan fingerprint density at radius 1 is 1.30 bits per heavy atom. The van der Waals surface area contributed by atoms with Crippen molar-refractivity contribution < 1.29 is 24.2 Å². The number of ether oxygens (including phenoxy) is 1. The molecule has 3 amide bonds. The molecule has 1 saturated heterocycles. The van der Waals surface area contributed by atoms with Crippen LogP contribution in [0.1, 0.15) is 19.3 Å². The van der Waals surface area contributed by atoms with Crippen LogP contribution in [-0.4, -0.2) is 59.8 Å². The zero-order chi connectivity index (χ0) is 14.7. The average Bonchev–Trinajstić information content (AvgIpc) is 2.87. The van der Waals surface area contributed by atoms with Gasteiger partial charge in [-0.1, -0.05) is 0 Å². The minimum Gasteiger partial charge on any atom is -0.481 e. The number of carbonyl (C=O) groups is 3. The highest BCUT2D eigenvalue weighted by Gasteiger charge is 2.35. The molecule has 4 N–H and O–H groups in total. The molecule has 2 aliphatic rings. The second-order valence-electron chi connectivity index (χ2n) is 5.18. The minimum atomic E-state index is -0.830. The summed E-state index contributed by atoms with van der Waals surface area (Å²) in [7, 11) is 0. The summed E-state index contributed by atoms with van der Waals surface area (Å²) >= 11 is 0. The molecule has 2 rings (SSSR count). The number of carbonyl (C=O) groups excluding carboxylic acids is 2. The Balaban J connectivity index is 1.91. The molecule has 3 atom stereocenters. The Kier molecular flexibility index (Phi) is 4.43. The van der Waals surface area contributed by atoms with E-state index in [1.54, 1.807) is 0 Å². The normalized spacial score (nSPS) is 30.0. The van der Waals surface area contributed by atoms with Gasteiger partial charge in [0.25, 0.3) is 0 Å². The summed E-state index contributed by atoms with van der Waals surface area (Å²) in [6.07, 6.45) is 1.61. The number of amides is 3. The molecule has 8 heteroatoms. The van der Waals surface area contributed by atoms with Crippen LogP contribution in [0.25, 0.3) is 0 Å². The first-order chi connectivity index (χ1) is 9.49. The molecule has 2 fully saturated rings. The molecule has 0 spiro atoms. The molecule has 0 aromatic heterocycles. The van der Waals surface area contributed by atoms with Crippen LogP contribution in [0.5, 0.6) is 0 Å². The molecule has 1 saturated carbocycles. The summed E-state index contributed by atoms with van der Waals surface area (Å²) in [5.41, 5.74) is 5.25. The van der Waals surface area contributed by atoms with Gasteiger partial charge in [0, 0.05) is 12.6 Å². The number of urea groups is 1. The fraction of sp³-hybridized carbons (Fsp3) is 0.750. The van der Waals surface area contributed by atoms with Gasteiger partial charge in [-0.3, -0.25) is 9.59 Å². The number of hydrogen-bond donors (Lipinski definition) is 3. The first-order valence-corrected chi connectivity index (χ1v) is 6.66. The molecule has 1 aliphatic heterocycles. The summed E-state index contributed by atoms with van der Waals surface area (Å²) in [5, 5.41) is 11.7. The number of carboxylic acids is 1. The van der Waals surface area contributed by atoms with E-state index in [1.807, 2.05) is 0 Å². The molecular formula is C12H19N3O5. The van der Waals surface area contributed by atoms with Crippen molar-refractivity contribution in [1.82, 2.24) is 10.2 Å². The maximum absolute atomic E-state index is 12.1. The quantitative estimate of drug-likeness (QED) is 0.622. The Morgan fingerprint density at radius 3 is 2.65 bits per heavy atom. The van der Waals surface area contributed by atoms with Crippen LogP contribution in [0.3, 0.4) is 0 Å². The van der Waals surface area contributed by atoms with Crippen molar-refractivity contribution in [1.29, 1.82) is 0 Å². The number of rotatable bonds is 3. The number of aliphatic carboxylic acids is 1. The molecular weight excluding hydrogens is 266 g/mol. The smallest absolute Gasteiger partial charge is 0.318 e. The fourth-order valence-corrected chi connectivity index (χ4v) is 2.68. The maximum atomic E-state index is 12.1. The van der Waals surface area contributed by atoms with Gasteiger partial charge in [0.15, 0.2) is 0 Å². The van der Waals surface area contributed by atoms with Crippen molar-refractivity contribution >= 4 is 17.9 Å². The lowest BCUT2D eigenvalue weighted by atomic mass is 10.1. The summed E-state index contributed by atoms with van der Waals surface area (Å²) < 4.78 is 5.14. The van der Waals surface area contributed by atoms with Crippen LogP contribution in [0, 0.1) is 5.92 Å². The second-order valence-corrected chi connectivity index (χ2v) is 5.18. The summed E-state index contributed by atoms with van der Waals surface area (Å²) in [6, 6.07) is -1.31. The van der Waals surface area contributed by atoms with E-state index in [1.165, 1.54) is 4.90 Å². The van der Waals surface area contributed by atoms with Gasteiger partial charge in [-0.25, -0.2) is 4.79 Å². The summed E-state index contributed by atoms with van der Waals surface area (Å²) in [6.45, 7) is 0.763. The predicted octanol–water partition coefficient (Wildman–Crippen LogP) is -0.865. The molecule has 1 heterocycles. The van der Waals surface area contributed by atoms with E-state index in [2.05, 4.69) is 5.32 Å². The van der Waals surface area contributed by atoms with Gasteiger partial charge in [0.1, 0.15) is 6.04 Å². The average molecular weight is 285 g/mol. The van der Waals surface area contributed by atoms with Gasteiger partial charge < -0.3 is 25.8 Å². The summed E-state index contributed by atoms with van der Waals surface area (Å²) in [5.74, 6) is -1.84. The van der Waals surface area contributed by atoms with Crippen molar-refractivity contribution in [2.24, 2.45) is 11.7 Å². The number of nitrogens with two attached hydrogens (primary N) is 1. The zero-order valence-corrected chi connectivity index (χ0v) is 11.1. The third kappa shape index (κ3) is 3.19. The van der Waals surface area contributed by atoms with Gasteiger partial charge in [-0.2, -0.15) is 0 Å². The van der Waals surface area contributed by atoms with E-state index < -0.39 is 23.8 Å². The van der Waals surface area contributed by atoms with Crippen molar-refractivity contribution in [3.05, 3.63) is 0 Å². The lowest BCUT2D eigenvalue weighted by Crippen LogP contribution is -2.58. The van der Waals surface area contributed by atoms with Crippen LogP contribution < -0.4 is 11.1 Å². The first-order valence-electron chi connectivity index (χ1n) is 6.66. The number of hydrogen-bond acceptors (Lipinski definition) is 4. The van der Waals surface area contributed by atoms with E-state index in [9.17, 15) is 14.4 Å². The molecule has 0 aromatic rings. The van der Waals surface area contributed by atoms with Crippen molar-refractivity contribution in [3.63, 3.8) is 0 Å². The number of nitrogens with one attached hydrogen (secondary N) is 1. The Labute approximate surface area is 116 Å². The van der Waals surface area contributed by atoms with Crippen LogP contribution in [0.2, 0.25) is 0 Å². The summed E-state index contributed by atoms with van der Waals surface area (Å²) in [4.78, 5) is 35.7. The Hall–Kier alpha value is -1.83. The third-order valence-electron chi connectivity index (χ3n) is 3.83. The van der Waals surface area contributed by atoms with E-state index >= 15 is 0 Å². The largest absolute Gasteiger partial charge is 0.481 e. The molecule has 1 unspecified atom stereocenters. The minimum absolute atomic E-state index is 0.102. The molecule has 0 radical (unpaired) electrons. The third-order valence-corrected chi connectivity index (χ3v) is 3.83. The SMILES string of the molecule is NC(=O)C1COCCN1C(=O)N[C@H]1CC[C@@H](C(=O)O)C1. The van der Waals surface area contributed by atoms with Crippen molar-refractivity contribution in [2.45, 2.75) is 31.3 Å². The standard InChI is InChI=1S/C12H19N3O5/c13-10(16)9-6-20-4-3-15(9)12(19)14-8-2-1-7(5-8)11(17)18/h7-9H,1-6H2,(H2,13,16)(H,14,19)(H,17,18)/t7-,8+,9?/m1/s1. The molecule has 112 valence electrons. The molecule has 1 aliphatic carbocycles. The van der Waals surface area contributed by atoms with Gasteiger partial charge in [-0.15, -0.1) is 0 Å². The number of carboxylic acid groups (broad SMARTS) is 1. The van der Waals surface area contributed by atoms with Gasteiger partial charge in [0.05, 0.1) is 19.1 Å². The van der Waals surface area contributed by atoms with Gasteiger partial charge in [-0.05, 0) is 19.3 Å². The predicted molar refractivity (Wildman–Crippen MR) is 67.8 cm³/mol. The number of primary amides is 1. The first kappa shape index (κ1) is 14.6. The Bertz CT molecular complexity index is 414. The lowest BCUT2D eigenvalue weighted by molar-refractivity contribution is -0.141. The highest BCUT2D eigenvalue weighted by molar-refractivity contribution is 5.86. The van der Waals surface area contributed by atoms with Gasteiger partial charge >= 0.3 is 12.0 Å². The molecule has 8 nitrogen and oxygen atoms in total. The molecule has 0 aromatic carbocycles. The topological polar surface area (TPSA) is 122 Å². The maximum Gasteiger partial charge on any atom is 0.318 e. The van der Waals surface area contributed by atoms with E-state index in [0.29, 0.717) is 32.4 Å². The lowest BCUT2D eigenvalue weighted by Gasteiger charge is -2.34. The highest BCUT2D eigenvalue weighted by Crippen LogP contribution is 2.25. The van der Waals surface area contributed by atoms with Gasteiger partial charge in [0.2, 0.25) is 5.91 Å². The fourth-order valence-electron chi connectivity index (χ4n) is 2.68. The van der Waals surface area contributed by atoms with E-state index in [4.69, 9.17) is 15.6 Å². The van der Waals surface area contributed by atoms with Crippen molar-refractivity contribution in [3.8, 4) is 0 Å². The van der Waals surface area contributed by atoms with Crippen molar-refractivity contribution in [2.75, 3.05) is 19.8 Å². The van der Waals surface area contributed by atoms with Crippen LogP contribution >= 0.6 is 0 Å². The zero-order valence-electron chi connectivity index (χ0n) is 11.1. The van der Waals surface area contributed by atoms with Crippen LogP contribution in [-0.2, 0) is 14.3 Å². The highest BCUT2D eigenvalue weighted by atomic mass is 16.5. The second kappa shape index (κ2) is 6.08. The van der Waals surface area contributed by atoms with Crippen LogP contribution in [0.15, 0.2) is 0 Å². The van der Waals surface area contributed by atoms with E-state index in [0.717, 1.165) is 0 Å². The number of morpholine rings is 1.